The van der Waals surface area contributed by atoms with Crippen molar-refractivity contribution >= 4 is 23.2 Å². The number of phenols is 1. The number of aryl methyl sites for hydroxylation is 2. The number of hydrogen-bond donors (Lipinski definition) is 9. The molecule has 0 radical (unpaired) electrons. The van der Waals surface area contributed by atoms with E-state index in [0.717, 1.165) is 143 Å². The molecule has 6 rings (SSSR count). The van der Waals surface area contributed by atoms with Gasteiger partial charge in [0.15, 0.2) is 5.78 Å². The summed E-state index contributed by atoms with van der Waals surface area (Å²) >= 11 is 0. The molecule has 0 aromatic heterocycles. The van der Waals surface area contributed by atoms with Crippen molar-refractivity contribution in [1.29, 1.82) is 0 Å². The molecule has 16 heteroatoms. The number of ketones is 1. The van der Waals surface area contributed by atoms with E-state index >= 15 is 0 Å². The van der Waals surface area contributed by atoms with Crippen LogP contribution in [-0.4, -0.2) is 175 Å². The lowest BCUT2D eigenvalue weighted by Crippen LogP contribution is -2.41. The number of phenolic OH excluding ortho intramolecular Hbond substituents is 1. The molecule has 0 bridgehead atoms. The highest BCUT2D eigenvalue weighted by molar-refractivity contribution is 6.06. The van der Waals surface area contributed by atoms with Gasteiger partial charge in [-0.25, -0.2) is 4.79 Å². The second-order valence-corrected chi connectivity index (χ2v) is 18.6. The van der Waals surface area contributed by atoms with Gasteiger partial charge in [-0.15, -0.1) is 0 Å². The van der Waals surface area contributed by atoms with E-state index in [1.807, 2.05) is 6.92 Å². The SMILES string of the molecule is CC1=CC(=O)C=C/C1=C(/c1ccc(O)cc1C)c1ccc(C(=O)NCCOCCOCCCCc2cc(CN3CCNCCNCCNCC3)cc(CN3CCNCCNCCNCC3)c2)cc1C(=O)O. The summed E-state index contributed by atoms with van der Waals surface area (Å²) in [5.74, 6) is -1.70. The predicted molar refractivity (Wildman–Crippen MR) is 281 cm³/mol. The summed E-state index contributed by atoms with van der Waals surface area (Å²) in [7, 11) is 0. The Balaban J connectivity index is 0.966. The minimum absolute atomic E-state index is 0.0645. The van der Waals surface area contributed by atoms with Crippen molar-refractivity contribution in [2.24, 2.45) is 0 Å². The molecule has 0 saturated carbocycles. The number of benzene rings is 3. The lowest BCUT2D eigenvalue weighted by Gasteiger charge is -2.26. The molecule has 386 valence electrons. The van der Waals surface area contributed by atoms with Crippen molar-refractivity contribution in [3.05, 3.63) is 128 Å². The Morgan fingerprint density at radius 3 is 1.69 bits per heavy atom. The van der Waals surface area contributed by atoms with E-state index in [0.29, 0.717) is 47.7 Å². The molecule has 16 nitrogen and oxygen atoms in total. The van der Waals surface area contributed by atoms with Crippen LogP contribution < -0.4 is 37.2 Å². The highest BCUT2D eigenvalue weighted by Crippen LogP contribution is 2.37. The standard InChI is InChI=1S/C55H79N9O7/c1-41-33-47(65)7-10-49(41)53(50-11-8-48(66)34-42(50)2)51-9-6-46(38-52(51)55(68)69)54(67)62-24-30-71-32-31-70-29-4-3-5-43-35-44(39-63-25-20-58-16-12-56-13-17-59-21-26-63)37-45(36-43)40-64-27-22-60-18-14-57-15-19-61-23-28-64/h6-11,33-38,56-61,65H,3-5,12-32,39-40H2,1-2H3,(H,62,67)(H,68,69)/b53-50+. The van der Waals surface area contributed by atoms with Gasteiger partial charge in [0.1, 0.15) is 5.75 Å². The topological polar surface area (TPSA) is 201 Å². The number of amides is 1. The van der Waals surface area contributed by atoms with E-state index in [9.17, 15) is 24.6 Å². The van der Waals surface area contributed by atoms with Gasteiger partial charge in [0.25, 0.3) is 5.91 Å². The molecule has 0 atom stereocenters. The molecule has 3 aliphatic rings. The van der Waals surface area contributed by atoms with Gasteiger partial charge in [-0.1, -0.05) is 36.4 Å². The van der Waals surface area contributed by atoms with Crippen LogP contribution in [-0.2, 0) is 33.8 Å². The average molecular weight is 978 g/mol. The number of rotatable bonds is 19. The summed E-state index contributed by atoms with van der Waals surface area (Å²) in [6.07, 6.45) is 7.56. The van der Waals surface area contributed by atoms with Crippen molar-refractivity contribution in [3.63, 3.8) is 0 Å². The minimum atomic E-state index is -1.20. The third-order valence-corrected chi connectivity index (χ3v) is 12.9. The van der Waals surface area contributed by atoms with Crippen LogP contribution in [0.15, 0.2) is 84.0 Å². The summed E-state index contributed by atoms with van der Waals surface area (Å²) < 4.78 is 11.7. The zero-order valence-electron chi connectivity index (χ0n) is 42.1. The van der Waals surface area contributed by atoms with Gasteiger partial charge in [0.05, 0.1) is 25.4 Å². The smallest absolute Gasteiger partial charge is 0.336 e. The second kappa shape index (κ2) is 30.7. The van der Waals surface area contributed by atoms with Crippen molar-refractivity contribution in [2.45, 2.75) is 46.2 Å². The molecule has 71 heavy (non-hydrogen) atoms. The molecule has 0 spiro atoms. The molecular formula is C55H79N9O7. The molecule has 1 aliphatic carbocycles. The first-order chi connectivity index (χ1) is 34.6. The summed E-state index contributed by atoms with van der Waals surface area (Å²) in [4.78, 5) is 43.3. The van der Waals surface area contributed by atoms with Gasteiger partial charge in [-0.3, -0.25) is 19.4 Å². The maximum absolute atomic E-state index is 13.2. The monoisotopic (exact) mass is 978 g/mol. The number of ether oxygens (including phenoxy) is 2. The molecule has 0 unspecified atom stereocenters. The minimum Gasteiger partial charge on any atom is -0.508 e. The molecular weight excluding hydrogens is 899 g/mol. The number of nitrogens with zero attached hydrogens (tertiary/aromatic N) is 2. The summed E-state index contributed by atoms with van der Waals surface area (Å²) in [5, 5.41) is 44.7. The number of aromatic hydroxyl groups is 1. The number of carbonyl (C=O) groups is 3. The Morgan fingerprint density at radius 2 is 1.14 bits per heavy atom. The number of hydrogen-bond acceptors (Lipinski definition) is 14. The van der Waals surface area contributed by atoms with E-state index < -0.39 is 11.9 Å². The molecule has 1 amide bonds. The van der Waals surface area contributed by atoms with Gasteiger partial charge < -0.3 is 56.9 Å². The van der Waals surface area contributed by atoms with Crippen LogP contribution in [0.5, 0.6) is 5.75 Å². The fourth-order valence-electron chi connectivity index (χ4n) is 9.18. The molecule has 2 fully saturated rings. The number of aromatic carboxylic acids is 1. The van der Waals surface area contributed by atoms with E-state index in [-0.39, 0.29) is 35.8 Å². The summed E-state index contributed by atoms with van der Waals surface area (Å²) in [5.41, 5.74) is 7.99. The predicted octanol–water partition coefficient (Wildman–Crippen LogP) is 3.24. The second-order valence-electron chi connectivity index (χ2n) is 18.6. The Morgan fingerprint density at radius 1 is 0.606 bits per heavy atom. The highest BCUT2D eigenvalue weighted by Gasteiger charge is 2.23. The van der Waals surface area contributed by atoms with Gasteiger partial charge in [-0.05, 0) is 120 Å². The number of nitrogens with one attached hydrogen (secondary N) is 7. The van der Waals surface area contributed by atoms with Crippen molar-refractivity contribution in [2.75, 3.05) is 138 Å². The number of carboxylic acid groups (broad SMARTS) is 1. The Kier molecular flexibility index (Phi) is 23.9. The zero-order chi connectivity index (χ0) is 50.0. The van der Waals surface area contributed by atoms with Crippen LogP contribution in [0.1, 0.15) is 73.9 Å². The maximum Gasteiger partial charge on any atom is 0.336 e. The van der Waals surface area contributed by atoms with Crippen molar-refractivity contribution in [1.82, 2.24) is 47.0 Å². The maximum atomic E-state index is 13.2. The van der Waals surface area contributed by atoms with Crippen LogP contribution in [0.25, 0.3) is 5.57 Å². The van der Waals surface area contributed by atoms with Gasteiger partial charge in [0.2, 0.25) is 0 Å². The lowest BCUT2D eigenvalue weighted by molar-refractivity contribution is -0.110. The van der Waals surface area contributed by atoms with Crippen LogP contribution in [0, 0.1) is 6.92 Å². The van der Waals surface area contributed by atoms with E-state index in [1.165, 1.54) is 34.9 Å². The van der Waals surface area contributed by atoms with Crippen molar-refractivity contribution < 1.29 is 34.1 Å². The third-order valence-electron chi connectivity index (χ3n) is 12.9. The fraction of sp³-hybridized carbons (Fsp3) is 0.509. The Hall–Kier alpha value is -5.11. The molecule has 3 aromatic carbocycles. The quantitative estimate of drug-likeness (QED) is 0.0793. The third kappa shape index (κ3) is 19.1. The van der Waals surface area contributed by atoms with Gasteiger partial charge in [-0.2, -0.15) is 0 Å². The van der Waals surface area contributed by atoms with Gasteiger partial charge in [0, 0.05) is 137 Å². The first-order valence-electron chi connectivity index (χ1n) is 25.7. The molecule has 2 aliphatic heterocycles. The molecule has 9 N–H and O–H groups in total. The number of carbonyl (C=O) groups excluding carboxylic acids is 2. The Bertz CT molecular complexity index is 2210. The number of allylic oxidation sites excluding steroid dienone is 5. The molecule has 2 saturated heterocycles. The van der Waals surface area contributed by atoms with Crippen LogP contribution in [0.4, 0.5) is 0 Å². The molecule has 3 aromatic rings. The molecule has 2 heterocycles. The van der Waals surface area contributed by atoms with Crippen LogP contribution >= 0.6 is 0 Å². The van der Waals surface area contributed by atoms with E-state index in [2.05, 4.69) is 65.2 Å². The van der Waals surface area contributed by atoms with Crippen LogP contribution in [0.3, 0.4) is 0 Å². The fourth-order valence-corrected chi connectivity index (χ4v) is 9.18. The number of carboxylic acids is 1. The van der Waals surface area contributed by atoms with E-state index in [4.69, 9.17) is 9.47 Å². The lowest BCUT2D eigenvalue weighted by atomic mass is 9.83. The summed E-state index contributed by atoms with van der Waals surface area (Å²) in [6.45, 7) is 23.2. The normalized spacial score (nSPS) is 18.3. The van der Waals surface area contributed by atoms with Crippen LogP contribution in [0.2, 0.25) is 0 Å². The summed E-state index contributed by atoms with van der Waals surface area (Å²) in [6, 6.07) is 16.7. The van der Waals surface area contributed by atoms with Crippen molar-refractivity contribution in [3.8, 4) is 5.75 Å². The zero-order valence-corrected chi connectivity index (χ0v) is 42.1. The highest BCUT2D eigenvalue weighted by atomic mass is 16.5. The largest absolute Gasteiger partial charge is 0.508 e. The first-order valence-corrected chi connectivity index (χ1v) is 25.7. The van der Waals surface area contributed by atoms with Gasteiger partial charge >= 0.3 is 5.97 Å². The Labute approximate surface area is 421 Å². The van der Waals surface area contributed by atoms with E-state index in [1.54, 1.807) is 43.3 Å². The average Bonchev–Trinajstić information content (AvgIpc) is 3.33. The number of unbranched alkanes of at least 4 members (excludes halogenated alkanes) is 1. The first kappa shape index (κ1) is 55.2.